The molecule has 0 saturated heterocycles. The number of hydrogen-bond donors (Lipinski definition) is 1. The van der Waals surface area contributed by atoms with Gasteiger partial charge in [0.15, 0.2) is 0 Å². The Kier molecular flexibility index (Phi) is 4.79. The quantitative estimate of drug-likeness (QED) is 0.762. The smallest absolute Gasteiger partial charge is 0.0471 e. The van der Waals surface area contributed by atoms with E-state index in [1.54, 1.807) is 7.11 Å². The van der Waals surface area contributed by atoms with Gasteiger partial charge in [-0.3, -0.25) is 0 Å². The maximum atomic E-state index is 5.32. The van der Waals surface area contributed by atoms with Crippen LogP contribution in [0.4, 0.5) is 0 Å². The molecule has 0 bridgehead atoms. The predicted molar refractivity (Wildman–Crippen MR) is 75.9 cm³/mol. The minimum Gasteiger partial charge on any atom is -0.385 e. The largest absolute Gasteiger partial charge is 0.385 e. The van der Waals surface area contributed by atoms with E-state index in [1.807, 2.05) is 0 Å². The third-order valence-electron chi connectivity index (χ3n) is 4.15. The van der Waals surface area contributed by atoms with Crippen molar-refractivity contribution in [1.82, 2.24) is 5.32 Å². The molecule has 1 aliphatic carbocycles. The summed E-state index contributed by atoms with van der Waals surface area (Å²) in [5.41, 5.74) is 1.66. The molecule has 0 aliphatic heterocycles. The molecule has 1 fully saturated rings. The first kappa shape index (κ1) is 13.6. The lowest BCUT2D eigenvalue weighted by atomic mass is 9.75. The summed E-state index contributed by atoms with van der Waals surface area (Å²) in [7, 11) is 1.79. The van der Waals surface area contributed by atoms with Gasteiger partial charge in [0.1, 0.15) is 0 Å². The number of nitrogens with one attached hydrogen (secondary N) is 1. The Balaban J connectivity index is 2.12. The second-order valence-electron chi connectivity index (χ2n) is 5.40. The van der Waals surface area contributed by atoms with Crippen molar-refractivity contribution in [2.24, 2.45) is 0 Å². The normalized spacial score (nSPS) is 18.6. The molecule has 1 atom stereocenters. The van der Waals surface area contributed by atoms with E-state index >= 15 is 0 Å². The number of hydrogen-bond acceptors (Lipinski definition) is 2. The summed E-state index contributed by atoms with van der Waals surface area (Å²) in [6, 6.07) is 11.7. The molecule has 1 unspecified atom stereocenters. The Morgan fingerprint density at radius 3 is 2.56 bits per heavy atom. The Labute approximate surface area is 111 Å². The molecule has 100 valence electrons. The molecular formula is C16H25NO. The van der Waals surface area contributed by atoms with Gasteiger partial charge in [-0.25, -0.2) is 0 Å². The van der Waals surface area contributed by atoms with E-state index < -0.39 is 0 Å². The zero-order chi connectivity index (χ0) is 12.8. The van der Waals surface area contributed by atoms with E-state index in [0.717, 1.165) is 32.0 Å². The first-order chi connectivity index (χ1) is 8.80. The first-order valence-electron chi connectivity index (χ1n) is 7.08. The molecule has 18 heavy (non-hydrogen) atoms. The second kappa shape index (κ2) is 6.35. The van der Waals surface area contributed by atoms with Crippen LogP contribution in [0.2, 0.25) is 0 Å². The molecule has 2 heteroatoms. The van der Waals surface area contributed by atoms with Crippen LogP contribution < -0.4 is 5.32 Å². The van der Waals surface area contributed by atoms with Gasteiger partial charge in [0.05, 0.1) is 0 Å². The van der Waals surface area contributed by atoms with Gasteiger partial charge in [0.25, 0.3) is 0 Å². The minimum absolute atomic E-state index is 0.222. The molecule has 0 amide bonds. The van der Waals surface area contributed by atoms with Gasteiger partial charge in [-0.1, -0.05) is 37.3 Å². The topological polar surface area (TPSA) is 21.3 Å². The molecule has 0 aromatic heterocycles. The summed E-state index contributed by atoms with van der Waals surface area (Å²) in [5.74, 6) is 0. The summed E-state index contributed by atoms with van der Waals surface area (Å²) in [4.78, 5) is 0. The molecule has 1 N–H and O–H groups in total. The highest BCUT2D eigenvalue weighted by atomic mass is 16.5. The van der Waals surface area contributed by atoms with Crippen LogP contribution in [-0.4, -0.2) is 26.3 Å². The lowest BCUT2D eigenvalue weighted by Gasteiger charge is -2.34. The van der Waals surface area contributed by atoms with E-state index in [2.05, 4.69) is 42.6 Å². The van der Waals surface area contributed by atoms with Crippen molar-refractivity contribution in [1.29, 1.82) is 0 Å². The summed E-state index contributed by atoms with van der Waals surface area (Å²) in [6.45, 7) is 4.19. The number of methoxy groups -OCH3 is 1. The summed E-state index contributed by atoms with van der Waals surface area (Å²) in [6.07, 6.45) is 4.93. The predicted octanol–water partition coefficient (Wildman–Crippen LogP) is 3.12. The zero-order valence-corrected chi connectivity index (χ0v) is 11.6. The van der Waals surface area contributed by atoms with Crippen molar-refractivity contribution in [3.8, 4) is 0 Å². The van der Waals surface area contributed by atoms with E-state index in [1.165, 1.54) is 18.4 Å². The average molecular weight is 247 g/mol. The fourth-order valence-corrected chi connectivity index (χ4v) is 2.56. The Bertz CT molecular complexity index is 347. The molecule has 1 aromatic carbocycles. The highest BCUT2D eigenvalue weighted by molar-refractivity contribution is 5.26. The van der Waals surface area contributed by atoms with Crippen LogP contribution in [0, 0.1) is 0 Å². The molecule has 0 radical (unpaired) electrons. The maximum absolute atomic E-state index is 5.32. The van der Waals surface area contributed by atoms with Crippen LogP contribution in [0.15, 0.2) is 30.3 Å². The van der Waals surface area contributed by atoms with Crippen molar-refractivity contribution in [2.75, 3.05) is 20.3 Å². The van der Waals surface area contributed by atoms with Crippen LogP contribution in [0.5, 0.6) is 0 Å². The number of ether oxygens (including phenoxy) is 1. The minimum atomic E-state index is 0.222. The molecule has 1 aliphatic rings. The molecule has 2 nitrogen and oxygen atoms in total. The monoisotopic (exact) mass is 247 g/mol. The fraction of sp³-hybridized carbons (Fsp3) is 0.625. The SMILES string of the molecule is CCC(CCOC)(CNC1CC1)c1ccccc1. The van der Waals surface area contributed by atoms with E-state index in [-0.39, 0.29) is 5.41 Å². The van der Waals surface area contributed by atoms with Crippen LogP contribution >= 0.6 is 0 Å². The lowest BCUT2D eigenvalue weighted by molar-refractivity contribution is 0.162. The summed E-state index contributed by atoms with van der Waals surface area (Å²) >= 11 is 0. The van der Waals surface area contributed by atoms with Crippen molar-refractivity contribution in [3.05, 3.63) is 35.9 Å². The summed E-state index contributed by atoms with van der Waals surface area (Å²) in [5, 5.41) is 3.70. The van der Waals surface area contributed by atoms with Gasteiger partial charge in [-0.2, -0.15) is 0 Å². The molecule has 1 saturated carbocycles. The highest BCUT2D eigenvalue weighted by Gasteiger charge is 2.32. The number of rotatable bonds is 8. The van der Waals surface area contributed by atoms with Gasteiger partial charge in [0, 0.05) is 31.7 Å². The molecule has 0 heterocycles. The summed E-state index contributed by atoms with van der Waals surface area (Å²) < 4.78 is 5.32. The third kappa shape index (κ3) is 3.33. The van der Waals surface area contributed by atoms with Crippen LogP contribution in [0.25, 0.3) is 0 Å². The van der Waals surface area contributed by atoms with Gasteiger partial charge < -0.3 is 10.1 Å². The van der Waals surface area contributed by atoms with Crippen molar-refractivity contribution < 1.29 is 4.74 Å². The third-order valence-corrected chi connectivity index (χ3v) is 4.15. The van der Waals surface area contributed by atoms with E-state index in [0.29, 0.717) is 0 Å². The molecule has 1 aromatic rings. The van der Waals surface area contributed by atoms with E-state index in [4.69, 9.17) is 4.74 Å². The van der Waals surface area contributed by atoms with Crippen LogP contribution in [0.3, 0.4) is 0 Å². The van der Waals surface area contributed by atoms with Gasteiger partial charge >= 0.3 is 0 Å². The van der Waals surface area contributed by atoms with Crippen LogP contribution in [0.1, 0.15) is 38.2 Å². The maximum Gasteiger partial charge on any atom is 0.0471 e. The first-order valence-corrected chi connectivity index (χ1v) is 7.08. The van der Waals surface area contributed by atoms with Crippen molar-refractivity contribution >= 4 is 0 Å². The lowest BCUT2D eigenvalue weighted by Crippen LogP contribution is -2.39. The average Bonchev–Trinajstić information content (AvgIpc) is 3.25. The Morgan fingerprint density at radius 2 is 2.00 bits per heavy atom. The van der Waals surface area contributed by atoms with Crippen molar-refractivity contribution in [3.63, 3.8) is 0 Å². The Hall–Kier alpha value is -0.860. The highest BCUT2D eigenvalue weighted by Crippen LogP contribution is 2.32. The van der Waals surface area contributed by atoms with E-state index in [9.17, 15) is 0 Å². The van der Waals surface area contributed by atoms with Gasteiger partial charge in [0.2, 0.25) is 0 Å². The van der Waals surface area contributed by atoms with Gasteiger partial charge in [-0.05, 0) is 31.2 Å². The second-order valence-corrected chi connectivity index (χ2v) is 5.40. The Morgan fingerprint density at radius 1 is 1.28 bits per heavy atom. The van der Waals surface area contributed by atoms with Gasteiger partial charge in [-0.15, -0.1) is 0 Å². The standard InChI is InChI=1S/C16H25NO/c1-3-16(11-12-18-2,13-17-15-9-10-15)14-7-5-4-6-8-14/h4-8,15,17H,3,9-13H2,1-2H3. The fourth-order valence-electron chi connectivity index (χ4n) is 2.56. The number of benzene rings is 1. The van der Waals surface area contributed by atoms with Crippen LogP contribution in [-0.2, 0) is 10.2 Å². The zero-order valence-electron chi connectivity index (χ0n) is 11.6. The molecular weight excluding hydrogens is 222 g/mol. The molecule has 0 spiro atoms. The molecule has 2 rings (SSSR count). The van der Waals surface area contributed by atoms with Crippen molar-refractivity contribution in [2.45, 2.75) is 44.1 Å².